The van der Waals surface area contributed by atoms with Crippen molar-refractivity contribution in [3.05, 3.63) is 31.1 Å². The van der Waals surface area contributed by atoms with Gasteiger partial charge in [0.05, 0.1) is 26.9 Å². The van der Waals surface area contributed by atoms with Gasteiger partial charge in [0.2, 0.25) is 0 Å². The highest BCUT2D eigenvalue weighted by Gasteiger charge is 2.25. The van der Waals surface area contributed by atoms with Gasteiger partial charge in [-0.3, -0.25) is 10.5 Å². The van der Waals surface area contributed by atoms with Gasteiger partial charge < -0.3 is 4.74 Å². The summed E-state index contributed by atoms with van der Waals surface area (Å²) in [6.45, 7) is 2.93. The third-order valence-corrected chi connectivity index (χ3v) is 5.32. The highest BCUT2D eigenvalue weighted by atomic mass is 79.9. The van der Waals surface area contributed by atoms with Gasteiger partial charge >= 0.3 is 0 Å². The first-order valence-corrected chi connectivity index (χ1v) is 8.53. The number of ether oxygens (including phenoxy) is 1. The largest absolute Gasteiger partial charge is 0.493 e. The molecule has 0 aliphatic rings. The summed E-state index contributed by atoms with van der Waals surface area (Å²) in [5, 5.41) is 4.38. The molecule has 0 spiro atoms. The van der Waals surface area contributed by atoms with Gasteiger partial charge in [0.15, 0.2) is 5.75 Å². The molecule has 0 saturated heterocycles. The molecule has 1 atom stereocenters. The molecule has 1 unspecified atom stereocenters. The Balaban J connectivity index is 2.50. The van der Waals surface area contributed by atoms with E-state index in [1.54, 1.807) is 24.6 Å². The van der Waals surface area contributed by atoms with Crippen LogP contribution in [0.2, 0.25) is 0 Å². The van der Waals surface area contributed by atoms with Crippen LogP contribution in [0, 0.1) is 0 Å². The first-order valence-electron chi connectivity index (χ1n) is 6.12. The summed E-state index contributed by atoms with van der Waals surface area (Å²) < 4.78 is 9.42. The molecule has 0 fully saturated rings. The molecular formula is C12H16Br2N4OS. The number of thiophene rings is 1. The molecule has 0 aliphatic carbocycles. The zero-order valence-corrected chi connectivity index (χ0v) is 15.2. The number of rotatable bonds is 6. The highest BCUT2D eigenvalue weighted by molar-refractivity contribution is 9.12. The van der Waals surface area contributed by atoms with Gasteiger partial charge in [0, 0.05) is 12.1 Å². The van der Waals surface area contributed by atoms with Gasteiger partial charge in [-0.1, -0.05) is 6.92 Å². The number of methoxy groups -OCH3 is 1. The molecule has 5 nitrogen and oxygen atoms in total. The average molecular weight is 424 g/mol. The van der Waals surface area contributed by atoms with Gasteiger partial charge in [0.25, 0.3) is 0 Å². The Bertz CT molecular complexity index is 584. The van der Waals surface area contributed by atoms with Crippen LogP contribution in [0.4, 0.5) is 0 Å². The van der Waals surface area contributed by atoms with Crippen LogP contribution in [-0.4, -0.2) is 16.9 Å². The number of hydrogen-bond donors (Lipinski definition) is 2. The maximum absolute atomic E-state index is 5.78. The lowest BCUT2D eigenvalue weighted by Gasteiger charge is -2.18. The van der Waals surface area contributed by atoms with Crippen LogP contribution in [0.3, 0.4) is 0 Å². The lowest BCUT2D eigenvalue weighted by Crippen LogP contribution is -2.31. The third-order valence-electron chi connectivity index (χ3n) is 2.93. The smallest absolute Gasteiger partial charge is 0.161 e. The van der Waals surface area contributed by atoms with Crippen LogP contribution in [0.25, 0.3) is 0 Å². The normalized spacial score (nSPS) is 12.7. The van der Waals surface area contributed by atoms with Gasteiger partial charge in [-0.25, -0.2) is 5.43 Å². The van der Waals surface area contributed by atoms with Crippen LogP contribution in [0.1, 0.15) is 30.6 Å². The van der Waals surface area contributed by atoms with Crippen LogP contribution in [0.5, 0.6) is 5.75 Å². The second-order valence-electron chi connectivity index (χ2n) is 4.20. The van der Waals surface area contributed by atoms with Crippen molar-refractivity contribution in [3.8, 4) is 5.75 Å². The standard InChI is InChI=1S/C12H16Br2N4OS/c1-3-4-18-11(8(19-2)6-16-18)10(17-15)7-5-9(13)20-12(7)14/h5-6,10,17H,3-4,15H2,1-2H3. The zero-order chi connectivity index (χ0) is 14.7. The van der Waals surface area contributed by atoms with Crippen LogP contribution in [-0.2, 0) is 6.54 Å². The lowest BCUT2D eigenvalue weighted by molar-refractivity contribution is 0.398. The molecule has 2 aromatic heterocycles. The molecule has 20 heavy (non-hydrogen) atoms. The fourth-order valence-corrected chi connectivity index (χ4v) is 4.98. The molecule has 0 radical (unpaired) electrons. The van der Waals surface area contributed by atoms with Crippen molar-refractivity contribution < 1.29 is 4.74 Å². The Morgan fingerprint density at radius 3 is 2.80 bits per heavy atom. The predicted molar refractivity (Wildman–Crippen MR) is 88.0 cm³/mol. The van der Waals surface area contributed by atoms with E-state index >= 15 is 0 Å². The van der Waals surface area contributed by atoms with E-state index < -0.39 is 0 Å². The summed E-state index contributed by atoms with van der Waals surface area (Å²) in [6, 6.07) is 1.86. The summed E-state index contributed by atoms with van der Waals surface area (Å²) in [6.07, 6.45) is 2.72. The number of nitrogens with two attached hydrogens (primary N) is 1. The van der Waals surface area contributed by atoms with Gasteiger partial charge in [0.1, 0.15) is 5.69 Å². The Labute approximate surface area is 138 Å². The number of aromatic nitrogens is 2. The molecule has 8 heteroatoms. The lowest BCUT2D eigenvalue weighted by atomic mass is 10.1. The van der Waals surface area contributed by atoms with Gasteiger partial charge in [-0.15, -0.1) is 11.3 Å². The third kappa shape index (κ3) is 3.09. The molecule has 0 amide bonds. The fraction of sp³-hybridized carbons (Fsp3) is 0.417. The van der Waals surface area contributed by atoms with E-state index in [0.717, 1.165) is 37.5 Å². The maximum Gasteiger partial charge on any atom is 0.161 e. The molecule has 0 aromatic carbocycles. The molecule has 3 N–H and O–H groups in total. The minimum atomic E-state index is -0.184. The predicted octanol–water partition coefficient (Wildman–Crippen LogP) is 3.44. The van der Waals surface area contributed by atoms with Crippen molar-refractivity contribution in [2.45, 2.75) is 25.9 Å². The summed E-state index contributed by atoms with van der Waals surface area (Å²) >= 11 is 8.68. The van der Waals surface area contributed by atoms with E-state index in [2.05, 4.69) is 49.3 Å². The SMILES string of the molecule is CCCn1ncc(OC)c1C(NN)c1cc(Br)sc1Br. The van der Waals surface area contributed by atoms with E-state index in [1.165, 1.54) is 0 Å². The fourth-order valence-electron chi connectivity index (χ4n) is 2.08. The average Bonchev–Trinajstić information content (AvgIpc) is 2.96. The van der Waals surface area contributed by atoms with Crippen LogP contribution >= 0.6 is 43.2 Å². The van der Waals surface area contributed by atoms with Crippen LogP contribution in [0.15, 0.2) is 19.8 Å². The van der Waals surface area contributed by atoms with E-state index in [-0.39, 0.29) is 6.04 Å². The highest BCUT2D eigenvalue weighted by Crippen LogP contribution is 2.39. The van der Waals surface area contributed by atoms with Crippen molar-refractivity contribution in [3.63, 3.8) is 0 Å². The quantitative estimate of drug-likeness (QED) is 0.551. The van der Waals surface area contributed by atoms with Crippen molar-refractivity contribution in [1.82, 2.24) is 15.2 Å². The summed E-state index contributed by atoms with van der Waals surface area (Å²) in [7, 11) is 1.64. The zero-order valence-electron chi connectivity index (χ0n) is 11.2. The van der Waals surface area contributed by atoms with Gasteiger partial charge in [-0.2, -0.15) is 5.10 Å². The first-order chi connectivity index (χ1) is 9.62. The number of hydrogen-bond acceptors (Lipinski definition) is 5. The first kappa shape index (κ1) is 16.0. The number of hydrazine groups is 1. The Morgan fingerprint density at radius 2 is 2.30 bits per heavy atom. The van der Waals surface area contributed by atoms with Crippen molar-refractivity contribution in [2.75, 3.05) is 7.11 Å². The van der Waals surface area contributed by atoms with Gasteiger partial charge in [-0.05, 0) is 44.3 Å². The molecule has 0 bridgehead atoms. The van der Waals surface area contributed by atoms with E-state index in [4.69, 9.17) is 10.6 Å². The van der Waals surface area contributed by atoms with Crippen molar-refractivity contribution >= 4 is 43.2 Å². The summed E-state index contributed by atoms with van der Waals surface area (Å²) in [5.74, 6) is 6.52. The number of nitrogens with zero attached hydrogens (tertiary/aromatic N) is 2. The number of halogens is 2. The second-order valence-corrected chi connectivity index (χ2v) is 7.95. The molecular weight excluding hydrogens is 408 g/mol. The molecule has 2 heterocycles. The van der Waals surface area contributed by atoms with E-state index in [9.17, 15) is 0 Å². The van der Waals surface area contributed by atoms with E-state index in [1.807, 2.05) is 10.7 Å². The maximum atomic E-state index is 5.78. The van der Waals surface area contributed by atoms with Crippen LogP contribution < -0.4 is 16.0 Å². The molecule has 2 aromatic rings. The second kappa shape index (κ2) is 7.04. The monoisotopic (exact) mass is 422 g/mol. The Kier molecular flexibility index (Phi) is 5.62. The Morgan fingerprint density at radius 1 is 1.55 bits per heavy atom. The number of aryl methyl sites for hydroxylation is 1. The topological polar surface area (TPSA) is 65.1 Å². The van der Waals surface area contributed by atoms with Crippen molar-refractivity contribution in [1.29, 1.82) is 0 Å². The van der Waals surface area contributed by atoms with Crippen molar-refractivity contribution in [2.24, 2.45) is 5.84 Å². The summed E-state index contributed by atoms with van der Waals surface area (Å²) in [4.78, 5) is 0. The minimum absolute atomic E-state index is 0.184. The molecule has 0 saturated carbocycles. The molecule has 110 valence electrons. The summed E-state index contributed by atoms with van der Waals surface area (Å²) in [5.41, 5.74) is 4.85. The molecule has 0 aliphatic heterocycles. The molecule has 2 rings (SSSR count). The van der Waals surface area contributed by atoms with E-state index in [0.29, 0.717) is 0 Å². The minimum Gasteiger partial charge on any atom is -0.493 e. The Hall–Kier alpha value is -0.410. The number of nitrogens with one attached hydrogen (secondary N) is 1.